The molecule has 0 saturated carbocycles. The van der Waals surface area contributed by atoms with Crippen molar-refractivity contribution in [2.75, 3.05) is 6.54 Å². The third-order valence-corrected chi connectivity index (χ3v) is 5.21. The van der Waals surface area contributed by atoms with Crippen molar-refractivity contribution in [3.05, 3.63) is 58.0 Å². The molecule has 2 atom stereocenters. The van der Waals surface area contributed by atoms with Crippen molar-refractivity contribution in [2.24, 2.45) is 0 Å². The first kappa shape index (κ1) is 20.2. The summed E-state index contributed by atoms with van der Waals surface area (Å²) in [6.07, 6.45) is 2.64. The topological polar surface area (TPSA) is 74.8 Å². The van der Waals surface area contributed by atoms with Crippen molar-refractivity contribution in [2.45, 2.75) is 56.4 Å². The molecule has 26 heavy (non-hydrogen) atoms. The Bertz CT molecular complexity index is 761. The lowest BCUT2D eigenvalue weighted by atomic mass is 9.96. The number of benzene rings is 1. The minimum atomic E-state index is -0.330. The van der Waals surface area contributed by atoms with Crippen molar-refractivity contribution >= 4 is 17.7 Å². The molecule has 0 bridgehead atoms. The number of carbonyl (C=O) groups is 1. The molecule has 140 valence electrons. The predicted molar refractivity (Wildman–Crippen MR) is 107 cm³/mol. The Morgan fingerprint density at radius 3 is 2.65 bits per heavy atom. The normalized spacial score (nSPS) is 13.2. The van der Waals surface area contributed by atoms with Gasteiger partial charge in [-0.05, 0) is 25.3 Å². The molecule has 2 aromatic rings. The Balaban J connectivity index is 1.94. The van der Waals surface area contributed by atoms with Gasteiger partial charge in [0, 0.05) is 24.2 Å². The lowest BCUT2D eigenvalue weighted by Crippen LogP contribution is -2.34. The van der Waals surface area contributed by atoms with E-state index in [2.05, 4.69) is 34.3 Å². The van der Waals surface area contributed by atoms with Crippen LogP contribution in [0.25, 0.3) is 0 Å². The SMILES string of the molecule is CCCc1cc(=O)[nH]c(S[C@H](C)C(=O)NC[C@H](CC)c2ccccc2)n1. The highest BCUT2D eigenvalue weighted by Crippen LogP contribution is 2.21. The maximum Gasteiger partial charge on any atom is 0.251 e. The molecule has 6 heteroatoms. The molecule has 2 N–H and O–H groups in total. The summed E-state index contributed by atoms with van der Waals surface area (Å²) in [7, 11) is 0. The van der Waals surface area contributed by atoms with E-state index in [1.54, 1.807) is 0 Å². The molecule has 0 saturated heterocycles. The number of aromatic amines is 1. The van der Waals surface area contributed by atoms with Crippen LogP contribution in [0, 0.1) is 0 Å². The molecule has 1 aromatic carbocycles. The van der Waals surface area contributed by atoms with Gasteiger partial charge in [0.25, 0.3) is 5.56 Å². The fourth-order valence-electron chi connectivity index (χ4n) is 2.74. The van der Waals surface area contributed by atoms with Crippen molar-refractivity contribution < 1.29 is 4.79 Å². The standard InChI is InChI=1S/C20H27N3O2S/c1-4-9-17-12-18(24)23-20(22-17)26-14(3)19(25)21-13-15(5-2)16-10-7-6-8-11-16/h6-8,10-12,14-15H,4-5,9,13H2,1-3H3,(H,21,25)(H,22,23,24)/t14-,15+/m1/s1. The average Bonchev–Trinajstić information content (AvgIpc) is 2.62. The van der Waals surface area contributed by atoms with E-state index >= 15 is 0 Å². The third-order valence-electron chi connectivity index (χ3n) is 4.22. The molecule has 0 aliphatic heterocycles. The van der Waals surface area contributed by atoms with Crippen LogP contribution in [-0.2, 0) is 11.2 Å². The number of hydrogen-bond acceptors (Lipinski definition) is 4. The van der Waals surface area contributed by atoms with E-state index in [1.165, 1.54) is 23.4 Å². The van der Waals surface area contributed by atoms with Gasteiger partial charge in [0.2, 0.25) is 5.91 Å². The van der Waals surface area contributed by atoms with Crippen molar-refractivity contribution in [1.82, 2.24) is 15.3 Å². The second-order valence-corrected chi connectivity index (χ2v) is 7.64. The molecule has 1 heterocycles. The fraction of sp³-hybridized carbons (Fsp3) is 0.450. The van der Waals surface area contributed by atoms with Gasteiger partial charge >= 0.3 is 0 Å². The number of nitrogens with one attached hydrogen (secondary N) is 2. The zero-order valence-electron chi connectivity index (χ0n) is 15.6. The van der Waals surface area contributed by atoms with Crippen LogP contribution >= 0.6 is 11.8 Å². The van der Waals surface area contributed by atoms with Crippen LogP contribution in [-0.4, -0.2) is 27.7 Å². The zero-order valence-corrected chi connectivity index (χ0v) is 16.4. The summed E-state index contributed by atoms with van der Waals surface area (Å²) < 4.78 is 0. The minimum Gasteiger partial charge on any atom is -0.355 e. The molecule has 0 aliphatic rings. The maximum atomic E-state index is 12.4. The highest BCUT2D eigenvalue weighted by molar-refractivity contribution is 8.00. The number of thioether (sulfide) groups is 1. The highest BCUT2D eigenvalue weighted by atomic mass is 32.2. The molecular formula is C20H27N3O2S. The van der Waals surface area contributed by atoms with Gasteiger partial charge in [-0.25, -0.2) is 4.98 Å². The van der Waals surface area contributed by atoms with Gasteiger partial charge in [0.15, 0.2) is 5.16 Å². The smallest absolute Gasteiger partial charge is 0.251 e. The summed E-state index contributed by atoms with van der Waals surface area (Å²) >= 11 is 1.28. The van der Waals surface area contributed by atoms with Crippen LogP contribution in [0.1, 0.15) is 50.8 Å². The Morgan fingerprint density at radius 1 is 1.27 bits per heavy atom. The van der Waals surface area contributed by atoms with E-state index < -0.39 is 0 Å². The molecule has 1 aromatic heterocycles. The average molecular weight is 374 g/mol. The molecule has 0 radical (unpaired) electrons. The van der Waals surface area contributed by atoms with Crippen LogP contribution in [0.2, 0.25) is 0 Å². The van der Waals surface area contributed by atoms with Crippen LogP contribution < -0.4 is 10.9 Å². The minimum absolute atomic E-state index is 0.0482. The van der Waals surface area contributed by atoms with E-state index in [9.17, 15) is 9.59 Å². The number of hydrogen-bond donors (Lipinski definition) is 2. The number of amides is 1. The van der Waals surface area contributed by atoms with Crippen LogP contribution in [0.3, 0.4) is 0 Å². The largest absolute Gasteiger partial charge is 0.355 e. The molecule has 0 aliphatic carbocycles. The summed E-state index contributed by atoms with van der Waals surface area (Å²) in [6, 6.07) is 11.7. The van der Waals surface area contributed by atoms with E-state index in [1.807, 2.05) is 32.0 Å². The van der Waals surface area contributed by atoms with Gasteiger partial charge in [-0.1, -0.05) is 62.4 Å². The summed E-state index contributed by atoms with van der Waals surface area (Å²) in [5, 5.41) is 3.20. The molecule has 5 nitrogen and oxygen atoms in total. The van der Waals surface area contributed by atoms with Gasteiger partial charge in [-0.2, -0.15) is 0 Å². The van der Waals surface area contributed by atoms with Gasteiger partial charge < -0.3 is 10.3 Å². The first-order valence-electron chi connectivity index (χ1n) is 9.13. The van der Waals surface area contributed by atoms with E-state index in [0.29, 0.717) is 17.6 Å². The lowest BCUT2D eigenvalue weighted by molar-refractivity contribution is -0.120. The summed E-state index contributed by atoms with van der Waals surface area (Å²) in [5.74, 6) is 0.246. The van der Waals surface area contributed by atoms with Gasteiger partial charge in [-0.3, -0.25) is 9.59 Å². The third kappa shape index (κ3) is 6.02. The number of aryl methyl sites for hydroxylation is 1. The van der Waals surface area contributed by atoms with Crippen LogP contribution in [0.4, 0.5) is 0 Å². The van der Waals surface area contributed by atoms with E-state index in [-0.39, 0.29) is 16.7 Å². The Morgan fingerprint density at radius 2 is 2.00 bits per heavy atom. The predicted octanol–water partition coefficient (Wildman–Crippen LogP) is 3.51. The first-order chi connectivity index (χ1) is 12.5. The number of H-pyrrole nitrogens is 1. The quantitative estimate of drug-likeness (QED) is 0.521. The van der Waals surface area contributed by atoms with Crippen LogP contribution in [0.5, 0.6) is 0 Å². The Kier molecular flexibility index (Phi) is 7.91. The maximum absolute atomic E-state index is 12.4. The highest BCUT2D eigenvalue weighted by Gasteiger charge is 2.18. The summed E-state index contributed by atoms with van der Waals surface area (Å²) in [6.45, 7) is 6.60. The first-order valence-corrected chi connectivity index (χ1v) is 10.0. The number of nitrogens with zero attached hydrogens (tertiary/aromatic N) is 1. The summed E-state index contributed by atoms with van der Waals surface area (Å²) in [5.41, 5.74) is 1.82. The molecule has 0 fully saturated rings. The molecular weight excluding hydrogens is 346 g/mol. The molecule has 1 amide bonds. The van der Waals surface area contributed by atoms with Crippen molar-refractivity contribution in [1.29, 1.82) is 0 Å². The fourth-order valence-corrected chi connectivity index (χ4v) is 3.59. The second-order valence-electron chi connectivity index (χ2n) is 6.31. The molecule has 0 spiro atoms. The van der Waals surface area contributed by atoms with Crippen molar-refractivity contribution in [3.63, 3.8) is 0 Å². The Labute approximate surface area is 159 Å². The van der Waals surface area contributed by atoms with E-state index in [0.717, 1.165) is 25.0 Å². The summed E-state index contributed by atoms with van der Waals surface area (Å²) in [4.78, 5) is 31.3. The van der Waals surface area contributed by atoms with Crippen LogP contribution in [0.15, 0.2) is 46.3 Å². The van der Waals surface area contributed by atoms with Gasteiger partial charge in [-0.15, -0.1) is 0 Å². The number of rotatable bonds is 9. The molecule has 0 unspecified atom stereocenters. The monoisotopic (exact) mass is 373 g/mol. The second kappa shape index (κ2) is 10.2. The Hall–Kier alpha value is -2.08. The molecule has 2 rings (SSSR count). The van der Waals surface area contributed by atoms with Gasteiger partial charge in [0.05, 0.1) is 5.25 Å². The number of carbonyl (C=O) groups excluding carboxylic acids is 1. The van der Waals surface area contributed by atoms with Gasteiger partial charge in [0.1, 0.15) is 0 Å². The zero-order chi connectivity index (χ0) is 18.9. The lowest BCUT2D eigenvalue weighted by Gasteiger charge is -2.18. The van der Waals surface area contributed by atoms with Crippen molar-refractivity contribution in [3.8, 4) is 0 Å². The number of aromatic nitrogens is 2. The van der Waals surface area contributed by atoms with E-state index in [4.69, 9.17) is 0 Å².